The lowest BCUT2D eigenvalue weighted by Crippen LogP contribution is -2.30. The fourth-order valence-electron chi connectivity index (χ4n) is 2.23. The highest BCUT2D eigenvalue weighted by molar-refractivity contribution is 6.30. The highest BCUT2D eigenvalue weighted by Gasteiger charge is 2.12. The third-order valence-electron chi connectivity index (χ3n) is 3.56. The van der Waals surface area contributed by atoms with Crippen LogP contribution < -0.4 is 16.6 Å². The van der Waals surface area contributed by atoms with Gasteiger partial charge in [-0.1, -0.05) is 23.7 Å². The number of fused-ring (bicyclic) bond motifs is 1. The second-order valence-electron chi connectivity index (χ2n) is 5.20. The third-order valence-corrected chi connectivity index (χ3v) is 3.81. The van der Waals surface area contributed by atoms with E-state index in [0.29, 0.717) is 11.6 Å². The standard InChI is InChI=1S/C16H13ClN4O3/c1-21-13-11(14(22)20-16(21)24)6-7-12(19-13)15(23)18-8-9-2-4-10(17)5-3-9/h2-7H,8H2,1H3,(H,18,23)(H,20,22,24). The number of carbonyl (C=O) groups is 1. The Bertz CT molecular complexity index is 1040. The molecule has 0 saturated heterocycles. The van der Waals surface area contributed by atoms with Gasteiger partial charge in [0.1, 0.15) is 11.3 Å². The summed E-state index contributed by atoms with van der Waals surface area (Å²) < 4.78 is 1.19. The molecule has 1 amide bonds. The van der Waals surface area contributed by atoms with E-state index in [2.05, 4.69) is 15.3 Å². The molecule has 0 radical (unpaired) electrons. The van der Waals surface area contributed by atoms with Crippen LogP contribution in [0.4, 0.5) is 0 Å². The highest BCUT2D eigenvalue weighted by Crippen LogP contribution is 2.10. The zero-order valence-corrected chi connectivity index (χ0v) is 13.4. The number of hydrogen-bond donors (Lipinski definition) is 2. The number of nitrogens with one attached hydrogen (secondary N) is 2. The molecular formula is C16H13ClN4O3. The van der Waals surface area contributed by atoms with Gasteiger partial charge in [-0.3, -0.25) is 19.1 Å². The van der Waals surface area contributed by atoms with Gasteiger partial charge < -0.3 is 5.32 Å². The summed E-state index contributed by atoms with van der Waals surface area (Å²) in [6, 6.07) is 10.00. The third kappa shape index (κ3) is 3.07. The molecule has 0 atom stereocenters. The van der Waals surface area contributed by atoms with E-state index in [0.717, 1.165) is 5.56 Å². The molecule has 24 heavy (non-hydrogen) atoms. The van der Waals surface area contributed by atoms with Crippen LogP contribution in [0.1, 0.15) is 16.1 Å². The minimum atomic E-state index is -0.585. The molecule has 7 nitrogen and oxygen atoms in total. The zero-order chi connectivity index (χ0) is 17.3. The van der Waals surface area contributed by atoms with Gasteiger partial charge in [0.2, 0.25) is 0 Å². The Morgan fingerprint density at radius 1 is 1.21 bits per heavy atom. The monoisotopic (exact) mass is 344 g/mol. The fourth-order valence-corrected chi connectivity index (χ4v) is 2.35. The second-order valence-corrected chi connectivity index (χ2v) is 5.63. The minimum absolute atomic E-state index is 0.122. The number of aryl methyl sites for hydroxylation is 1. The Labute approximate surface area is 140 Å². The summed E-state index contributed by atoms with van der Waals surface area (Å²) in [5, 5.41) is 3.59. The van der Waals surface area contributed by atoms with Crippen LogP contribution in [0.15, 0.2) is 46.0 Å². The SMILES string of the molecule is Cn1c(=O)[nH]c(=O)c2ccc(C(=O)NCc3ccc(Cl)cc3)nc21. The van der Waals surface area contributed by atoms with Gasteiger partial charge >= 0.3 is 5.69 Å². The van der Waals surface area contributed by atoms with Gasteiger partial charge in [0.25, 0.3) is 11.5 Å². The van der Waals surface area contributed by atoms with Crippen LogP contribution in [-0.4, -0.2) is 20.4 Å². The van der Waals surface area contributed by atoms with Crippen LogP contribution >= 0.6 is 11.6 Å². The van der Waals surface area contributed by atoms with Gasteiger partial charge in [-0.15, -0.1) is 0 Å². The maximum Gasteiger partial charge on any atom is 0.329 e. The number of halogens is 1. The lowest BCUT2D eigenvalue weighted by molar-refractivity contribution is 0.0946. The van der Waals surface area contributed by atoms with Crippen LogP contribution in [0.2, 0.25) is 5.02 Å². The highest BCUT2D eigenvalue weighted by atomic mass is 35.5. The summed E-state index contributed by atoms with van der Waals surface area (Å²) in [7, 11) is 1.48. The molecule has 0 spiro atoms. The van der Waals surface area contributed by atoms with Gasteiger partial charge in [-0.2, -0.15) is 0 Å². The van der Waals surface area contributed by atoms with Crippen molar-refractivity contribution < 1.29 is 4.79 Å². The Hall–Kier alpha value is -2.93. The van der Waals surface area contributed by atoms with E-state index in [4.69, 9.17) is 11.6 Å². The van der Waals surface area contributed by atoms with Crippen LogP contribution in [-0.2, 0) is 13.6 Å². The van der Waals surface area contributed by atoms with Crippen molar-refractivity contribution in [3.8, 4) is 0 Å². The first-order valence-corrected chi connectivity index (χ1v) is 7.46. The van der Waals surface area contributed by atoms with Crippen LogP contribution in [0.25, 0.3) is 11.0 Å². The average Bonchev–Trinajstić information content (AvgIpc) is 2.58. The number of benzene rings is 1. The summed E-state index contributed by atoms with van der Waals surface area (Å²) in [6.45, 7) is 0.310. The topological polar surface area (TPSA) is 96.9 Å². The van der Waals surface area contributed by atoms with Crippen molar-refractivity contribution in [2.75, 3.05) is 0 Å². The van der Waals surface area contributed by atoms with E-state index in [1.807, 2.05) is 0 Å². The molecule has 0 saturated carbocycles. The summed E-state index contributed by atoms with van der Waals surface area (Å²) >= 11 is 5.81. The van der Waals surface area contributed by atoms with E-state index in [9.17, 15) is 14.4 Å². The molecule has 0 bridgehead atoms. The Balaban J connectivity index is 1.87. The van der Waals surface area contributed by atoms with Gasteiger partial charge in [-0.25, -0.2) is 9.78 Å². The summed E-state index contributed by atoms with van der Waals surface area (Å²) in [5.74, 6) is -0.403. The van der Waals surface area contributed by atoms with Crippen LogP contribution in [0.3, 0.4) is 0 Å². The number of aromatic nitrogens is 3. The maximum atomic E-state index is 12.2. The van der Waals surface area contributed by atoms with E-state index in [-0.39, 0.29) is 16.7 Å². The van der Waals surface area contributed by atoms with E-state index in [1.54, 1.807) is 24.3 Å². The number of H-pyrrole nitrogens is 1. The van der Waals surface area contributed by atoms with Crippen molar-refractivity contribution in [2.45, 2.75) is 6.54 Å². The molecule has 2 heterocycles. The van der Waals surface area contributed by atoms with Crippen molar-refractivity contribution in [1.82, 2.24) is 19.9 Å². The molecule has 8 heteroatoms. The van der Waals surface area contributed by atoms with Crippen molar-refractivity contribution in [2.24, 2.45) is 7.05 Å². The number of nitrogens with zero attached hydrogens (tertiary/aromatic N) is 2. The van der Waals surface area contributed by atoms with E-state index < -0.39 is 17.2 Å². The largest absolute Gasteiger partial charge is 0.347 e. The molecular weight excluding hydrogens is 332 g/mol. The van der Waals surface area contributed by atoms with Crippen LogP contribution in [0.5, 0.6) is 0 Å². The molecule has 2 aromatic heterocycles. The number of hydrogen-bond acceptors (Lipinski definition) is 4. The predicted molar refractivity (Wildman–Crippen MR) is 90.2 cm³/mol. The average molecular weight is 345 g/mol. The van der Waals surface area contributed by atoms with Gasteiger partial charge in [0.15, 0.2) is 0 Å². The predicted octanol–water partition coefficient (Wildman–Crippen LogP) is 1.21. The summed E-state index contributed by atoms with van der Waals surface area (Å²) in [6.07, 6.45) is 0. The van der Waals surface area contributed by atoms with Crippen molar-refractivity contribution >= 4 is 28.5 Å². The number of aromatic amines is 1. The molecule has 0 fully saturated rings. The first-order chi connectivity index (χ1) is 11.5. The normalized spacial score (nSPS) is 10.8. The van der Waals surface area contributed by atoms with Crippen LogP contribution in [0, 0.1) is 0 Å². The fraction of sp³-hybridized carbons (Fsp3) is 0.125. The van der Waals surface area contributed by atoms with Gasteiger partial charge in [-0.05, 0) is 29.8 Å². The molecule has 2 N–H and O–H groups in total. The number of amides is 1. The summed E-state index contributed by atoms with van der Waals surface area (Å²) in [4.78, 5) is 41.9. The molecule has 0 aliphatic heterocycles. The second kappa shape index (κ2) is 6.29. The molecule has 0 aliphatic carbocycles. The Kier molecular flexibility index (Phi) is 4.18. The molecule has 0 aliphatic rings. The van der Waals surface area contributed by atoms with Crippen molar-refractivity contribution in [3.05, 3.63) is 73.5 Å². The van der Waals surface area contributed by atoms with E-state index in [1.165, 1.54) is 23.7 Å². The molecule has 122 valence electrons. The number of pyridine rings is 1. The van der Waals surface area contributed by atoms with Gasteiger partial charge in [0, 0.05) is 18.6 Å². The Morgan fingerprint density at radius 2 is 1.92 bits per heavy atom. The molecule has 3 aromatic rings. The first-order valence-electron chi connectivity index (χ1n) is 7.08. The summed E-state index contributed by atoms with van der Waals surface area (Å²) in [5.41, 5.74) is 0.0461. The maximum absolute atomic E-state index is 12.2. The molecule has 3 rings (SSSR count). The quantitative estimate of drug-likeness (QED) is 0.746. The molecule has 0 unspecified atom stereocenters. The lowest BCUT2D eigenvalue weighted by Gasteiger charge is -2.07. The van der Waals surface area contributed by atoms with Gasteiger partial charge in [0.05, 0.1) is 5.39 Å². The minimum Gasteiger partial charge on any atom is -0.347 e. The van der Waals surface area contributed by atoms with Crippen molar-refractivity contribution in [1.29, 1.82) is 0 Å². The Morgan fingerprint density at radius 3 is 2.62 bits per heavy atom. The smallest absolute Gasteiger partial charge is 0.329 e. The van der Waals surface area contributed by atoms with E-state index >= 15 is 0 Å². The number of carbonyl (C=O) groups excluding carboxylic acids is 1. The molecule has 1 aromatic carbocycles. The number of rotatable bonds is 3. The lowest BCUT2D eigenvalue weighted by atomic mass is 10.2. The first kappa shape index (κ1) is 15.9. The van der Waals surface area contributed by atoms with Crippen molar-refractivity contribution in [3.63, 3.8) is 0 Å². The zero-order valence-electron chi connectivity index (χ0n) is 12.7.